The van der Waals surface area contributed by atoms with Crippen molar-refractivity contribution in [3.8, 4) is 5.75 Å². The van der Waals surface area contributed by atoms with Crippen LogP contribution in [0.4, 0.5) is 0 Å². The van der Waals surface area contributed by atoms with E-state index in [1.807, 2.05) is 11.8 Å². The van der Waals surface area contributed by atoms with Gasteiger partial charge >= 0.3 is 5.97 Å². The Morgan fingerprint density at radius 2 is 2.00 bits per heavy atom. The van der Waals surface area contributed by atoms with Crippen LogP contribution in [0.25, 0.3) is 0 Å². The van der Waals surface area contributed by atoms with Crippen LogP contribution in [0.3, 0.4) is 0 Å². The number of rotatable bonds is 5. The van der Waals surface area contributed by atoms with E-state index in [0.717, 1.165) is 0 Å². The van der Waals surface area contributed by atoms with Gasteiger partial charge in [-0.15, -0.1) is 0 Å². The van der Waals surface area contributed by atoms with Crippen LogP contribution in [0.15, 0.2) is 10.9 Å². The number of hydrogen-bond acceptors (Lipinski definition) is 5. The van der Waals surface area contributed by atoms with Crippen molar-refractivity contribution >= 4 is 5.97 Å². The predicted octanol–water partition coefficient (Wildman–Crippen LogP) is 0.363. The number of piperidine rings is 1. The third-order valence-electron chi connectivity index (χ3n) is 4.27. The molecule has 7 heteroatoms. The molecule has 0 aromatic carbocycles. The highest BCUT2D eigenvalue weighted by Gasteiger charge is 2.26. The van der Waals surface area contributed by atoms with E-state index >= 15 is 0 Å². The number of nitrogens with zero attached hydrogens (tertiary/aromatic N) is 2. The van der Waals surface area contributed by atoms with Gasteiger partial charge in [0.15, 0.2) is 5.75 Å². The molecule has 7 nitrogen and oxygen atoms in total. The molecule has 2 heterocycles. The van der Waals surface area contributed by atoms with Gasteiger partial charge in [-0.3, -0.25) is 14.5 Å². The minimum Gasteiger partial charge on any atom is -0.503 e. The van der Waals surface area contributed by atoms with Gasteiger partial charge in [-0.1, -0.05) is 0 Å². The number of hydrogen-bond donors (Lipinski definition) is 3. The molecule has 2 rings (SSSR count). The van der Waals surface area contributed by atoms with Crippen LogP contribution in [-0.4, -0.2) is 43.8 Å². The molecular formula is C15H22N2O5. The second kappa shape index (κ2) is 6.93. The van der Waals surface area contributed by atoms with Gasteiger partial charge in [0.25, 0.3) is 0 Å². The molecule has 0 radical (unpaired) electrons. The zero-order valence-electron chi connectivity index (χ0n) is 12.7. The van der Waals surface area contributed by atoms with Crippen LogP contribution in [0.1, 0.15) is 31.2 Å². The molecule has 0 unspecified atom stereocenters. The third-order valence-corrected chi connectivity index (χ3v) is 4.27. The highest BCUT2D eigenvalue weighted by molar-refractivity contribution is 5.70. The van der Waals surface area contributed by atoms with Gasteiger partial charge in [0.1, 0.15) is 0 Å². The number of carboxylic acids is 1. The maximum absolute atomic E-state index is 11.8. The quantitative estimate of drug-likeness (QED) is 0.726. The van der Waals surface area contributed by atoms with E-state index in [9.17, 15) is 19.8 Å². The molecule has 1 aliphatic heterocycles. The molecule has 1 aliphatic rings. The van der Waals surface area contributed by atoms with Crippen LogP contribution >= 0.6 is 0 Å². The molecule has 122 valence electrons. The van der Waals surface area contributed by atoms with Gasteiger partial charge in [-0.25, -0.2) is 0 Å². The first kappa shape index (κ1) is 16.5. The Labute approximate surface area is 128 Å². The first-order valence-corrected chi connectivity index (χ1v) is 7.48. The van der Waals surface area contributed by atoms with E-state index in [2.05, 4.69) is 0 Å². The largest absolute Gasteiger partial charge is 0.503 e. The second-order valence-corrected chi connectivity index (χ2v) is 5.59. The Hall–Kier alpha value is -1.86. The van der Waals surface area contributed by atoms with Crippen molar-refractivity contribution in [2.24, 2.45) is 5.92 Å². The van der Waals surface area contributed by atoms with E-state index in [4.69, 9.17) is 5.11 Å². The molecule has 3 N–H and O–H groups in total. The van der Waals surface area contributed by atoms with E-state index in [0.29, 0.717) is 50.4 Å². The summed E-state index contributed by atoms with van der Waals surface area (Å²) < 4.78 is 1.74. The van der Waals surface area contributed by atoms with Crippen molar-refractivity contribution in [1.29, 1.82) is 0 Å². The minimum absolute atomic E-state index is 0.266. The number of aromatic nitrogens is 1. The van der Waals surface area contributed by atoms with E-state index in [1.54, 1.807) is 4.57 Å². The van der Waals surface area contributed by atoms with E-state index in [-0.39, 0.29) is 18.3 Å². The summed E-state index contributed by atoms with van der Waals surface area (Å²) in [5, 5.41) is 28.4. The molecule has 1 aromatic heterocycles. The van der Waals surface area contributed by atoms with Crippen molar-refractivity contribution in [3.05, 3.63) is 27.7 Å². The van der Waals surface area contributed by atoms with Gasteiger partial charge in [0.05, 0.1) is 18.2 Å². The number of aliphatic carboxylic acids is 1. The number of carboxylic acid groups (broad SMARTS) is 1. The molecule has 1 aromatic rings. The number of likely N-dealkylation sites (tertiary alicyclic amines) is 1. The molecule has 1 fully saturated rings. The normalized spacial score (nSPS) is 16.8. The number of carbonyl (C=O) groups is 1. The lowest BCUT2D eigenvalue weighted by Crippen LogP contribution is -2.37. The number of aliphatic hydroxyl groups is 1. The first-order chi connectivity index (χ1) is 10.5. The molecule has 0 saturated carbocycles. The summed E-state index contributed by atoms with van der Waals surface area (Å²) in [7, 11) is 0. The first-order valence-electron chi connectivity index (χ1n) is 7.48. The maximum Gasteiger partial charge on any atom is 0.306 e. The Kier molecular flexibility index (Phi) is 5.20. The molecule has 0 bridgehead atoms. The third kappa shape index (κ3) is 3.31. The van der Waals surface area contributed by atoms with Crippen molar-refractivity contribution < 1.29 is 20.1 Å². The molecule has 0 spiro atoms. The second-order valence-electron chi connectivity index (χ2n) is 5.59. The van der Waals surface area contributed by atoms with Gasteiger partial charge < -0.3 is 19.9 Å². The average molecular weight is 310 g/mol. The van der Waals surface area contributed by atoms with Crippen LogP contribution in [-0.2, 0) is 24.5 Å². The Morgan fingerprint density at radius 3 is 2.50 bits per heavy atom. The number of pyridine rings is 1. The zero-order chi connectivity index (χ0) is 16.3. The summed E-state index contributed by atoms with van der Waals surface area (Å²) in [6.07, 6.45) is 1.12. The highest BCUT2D eigenvalue weighted by atomic mass is 16.4. The summed E-state index contributed by atoms with van der Waals surface area (Å²) >= 11 is 0. The SMILES string of the molecule is CCn1c(CO)cc(=O)c(O)c1CN1CCC(C(=O)O)CC1. The Balaban J connectivity index is 2.21. The van der Waals surface area contributed by atoms with Crippen molar-refractivity contribution in [2.45, 2.75) is 39.5 Å². The molecule has 0 aliphatic carbocycles. The van der Waals surface area contributed by atoms with E-state index in [1.165, 1.54) is 6.07 Å². The van der Waals surface area contributed by atoms with Crippen LogP contribution in [0.5, 0.6) is 5.75 Å². The van der Waals surface area contributed by atoms with Crippen molar-refractivity contribution in [3.63, 3.8) is 0 Å². The van der Waals surface area contributed by atoms with Crippen LogP contribution in [0.2, 0.25) is 0 Å². The van der Waals surface area contributed by atoms with Crippen LogP contribution < -0.4 is 5.43 Å². The smallest absolute Gasteiger partial charge is 0.306 e. The maximum atomic E-state index is 11.8. The summed E-state index contributed by atoms with van der Waals surface area (Å²) in [5.41, 5.74) is 0.456. The monoisotopic (exact) mass is 310 g/mol. The predicted molar refractivity (Wildman–Crippen MR) is 79.6 cm³/mol. The van der Waals surface area contributed by atoms with Crippen molar-refractivity contribution in [2.75, 3.05) is 13.1 Å². The summed E-state index contributed by atoms with van der Waals surface area (Å²) in [6.45, 7) is 3.73. The number of aliphatic hydroxyl groups excluding tert-OH is 1. The lowest BCUT2D eigenvalue weighted by atomic mass is 9.97. The summed E-state index contributed by atoms with van der Waals surface area (Å²) in [4.78, 5) is 24.8. The summed E-state index contributed by atoms with van der Waals surface area (Å²) in [6, 6.07) is 1.25. The Morgan fingerprint density at radius 1 is 1.36 bits per heavy atom. The van der Waals surface area contributed by atoms with Crippen molar-refractivity contribution in [1.82, 2.24) is 9.47 Å². The molecule has 0 atom stereocenters. The number of aromatic hydroxyl groups is 1. The average Bonchev–Trinajstić information content (AvgIpc) is 2.52. The van der Waals surface area contributed by atoms with Gasteiger partial charge in [-0.05, 0) is 32.9 Å². The highest BCUT2D eigenvalue weighted by Crippen LogP contribution is 2.22. The standard InChI is InChI=1S/C15H22N2O5/c1-2-17-11(9-18)7-13(19)14(20)12(17)8-16-5-3-10(4-6-16)15(21)22/h7,10,18,20H,2-6,8-9H2,1H3,(H,21,22). The molecular weight excluding hydrogens is 288 g/mol. The molecule has 1 saturated heterocycles. The fourth-order valence-corrected chi connectivity index (χ4v) is 2.98. The zero-order valence-corrected chi connectivity index (χ0v) is 12.7. The van der Waals surface area contributed by atoms with E-state index < -0.39 is 11.4 Å². The minimum atomic E-state index is -0.768. The molecule has 22 heavy (non-hydrogen) atoms. The summed E-state index contributed by atoms with van der Waals surface area (Å²) in [5.74, 6) is -1.38. The van der Waals surface area contributed by atoms with Gasteiger partial charge in [0.2, 0.25) is 5.43 Å². The fourth-order valence-electron chi connectivity index (χ4n) is 2.98. The fraction of sp³-hybridized carbons (Fsp3) is 0.600. The molecule has 0 amide bonds. The van der Waals surface area contributed by atoms with Crippen LogP contribution in [0, 0.1) is 5.92 Å². The lowest BCUT2D eigenvalue weighted by molar-refractivity contribution is -0.143. The topological polar surface area (TPSA) is 103 Å². The Bertz CT molecular complexity index is 603. The lowest BCUT2D eigenvalue weighted by Gasteiger charge is -2.31. The van der Waals surface area contributed by atoms with Gasteiger partial charge in [-0.2, -0.15) is 0 Å². The van der Waals surface area contributed by atoms with Gasteiger partial charge in [0, 0.05) is 24.8 Å².